The van der Waals surface area contributed by atoms with E-state index in [1.54, 1.807) is 10.9 Å². The van der Waals surface area contributed by atoms with Crippen molar-refractivity contribution < 1.29 is 9.59 Å². The van der Waals surface area contributed by atoms with E-state index in [9.17, 15) is 9.59 Å². The van der Waals surface area contributed by atoms with Crippen molar-refractivity contribution in [1.82, 2.24) is 24.1 Å². The summed E-state index contributed by atoms with van der Waals surface area (Å²) in [5.74, 6) is 0.213. The SMILES string of the molecule is Cn1cc(N2CCC[C@@H](N3CCN(C(=O)c4cccn4C)CC3)C2=O)cn1. The van der Waals surface area contributed by atoms with Crippen LogP contribution in [0.15, 0.2) is 30.7 Å². The van der Waals surface area contributed by atoms with Crippen LogP contribution in [0.1, 0.15) is 23.3 Å². The molecule has 8 nitrogen and oxygen atoms in total. The van der Waals surface area contributed by atoms with Gasteiger partial charge in [0.25, 0.3) is 5.91 Å². The Balaban J connectivity index is 1.39. The maximum Gasteiger partial charge on any atom is 0.270 e. The standard InChI is InChI=1S/C19H26N6O2/c1-21-7-3-5-16(21)18(26)24-11-9-23(10-12-24)17-6-4-8-25(19(17)27)15-13-20-22(2)14-15/h3,5,7,13-14,17H,4,6,8-12H2,1-2H3/t17-/m1/s1. The second-order valence-electron chi connectivity index (χ2n) is 7.35. The Morgan fingerprint density at radius 3 is 2.56 bits per heavy atom. The monoisotopic (exact) mass is 370 g/mol. The lowest BCUT2D eigenvalue weighted by molar-refractivity contribution is -0.126. The smallest absolute Gasteiger partial charge is 0.270 e. The number of amides is 2. The molecule has 0 saturated carbocycles. The first-order valence-corrected chi connectivity index (χ1v) is 9.49. The summed E-state index contributed by atoms with van der Waals surface area (Å²) in [5, 5.41) is 4.19. The van der Waals surface area contributed by atoms with Gasteiger partial charge < -0.3 is 14.4 Å². The quantitative estimate of drug-likeness (QED) is 0.798. The molecular weight excluding hydrogens is 344 g/mol. The third kappa shape index (κ3) is 3.37. The largest absolute Gasteiger partial charge is 0.347 e. The molecule has 0 aromatic carbocycles. The average Bonchev–Trinajstić information content (AvgIpc) is 3.30. The Kier molecular flexibility index (Phi) is 4.73. The number of nitrogens with zero attached hydrogens (tertiary/aromatic N) is 6. The number of carbonyl (C=O) groups is 2. The number of anilines is 1. The van der Waals surface area contributed by atoms with Crippen LogP contribution in [0, 0.1) is 0 Å². The van der Waals surface area contributed by atoms with Gasteiger partial charge in [0.15, 0.2) is 0 Å². The summed E-state index contributed by atoms with van der Waals surface area (Å²) >= 11 is 0. The van der Waals surface area contributed by atoms with Crippen LogP contribution in [0.25, 0.3) is 0 Å². The molecule has 27 heavy (non-hydrogen) atoms. The number of carbonyl (C=O) groups excluding carboxylic acids is 2. The fourth-order valence-electron chi connectivity index (χ4n) is 4.08. The highest BCUT2D eigenvalue weighted by Crippen LogP contribution is 2.24. The molecule has 2 saturated heterocycles. The zero-order chi connectivity index (χ0) is 19.0. The third-order valence-corrected chi connectivity index (χ3v) is 5.62. The second kappa shape index (κ2) is 7.19. The molecule has 2 aliphatic rings. The molecule has 2 amide bonds. The summed E-state index contributed by atoms with van der Waals surface area (Å²) in [7, 11) is 3.75. The predicted octanol–water partition coefficient (Wildman–Crippen LogP) is 0.712. The van der Waals surface area contributed by atoms with E-state index in [4.69, 9.17) is 0 Å². The van der Waals surface area contributed by atoms with Gasteiger partial charge in [0, 0.05) is 59.2 Å². The molecule has 8 heteroatoms. The molecule has 2 aliphatic heterocycles. The van der Waals surface area contributed by atoms with E-state index in [1.165, 1.54) is 0 Å². The lowest BCUT2D eigenvalue weighted by Crippen LogP contribution is -2.58. The summed E-state index contributed by atoms with van der Waals surface area (Å²) in [5.41, 5.74) is 1.57. The number of aromatic nitrogens is 3. The lowest BCUT2D eigenvalue weighted by Gasteiger charge is -2.42. The number of hydrogen-bond acceptors (Lipinski definition) is 4. The molecule has 1 atom stereocenters. The molecule has 2 fully saturated rings. The van der Waals surface area contributed by atoms with E-state index in [0.29, 0.717) is 18.8 Å². The maximum atomic E-state index is 13.0. The van der Waals surface area contributed by atoms with Crippen molar-refractivity contribution in [2.24, 2.45) is 14.1 Å². The van der Waals surface area contributed by atoms with Gasteiger partial charge in [-0.05, 0) is 25.0 Å². The van der Waals surface area contributed by atoms with Crippen LogP contribution in [0.2, 0.25) is 0 Å². The number of piperazine rings is 1. The Morgan fingerprint density at radius 2 is 1.93 bits per heavy atom. The van der Waals surface area contributed by atoms with Crippen LogP contribution in [0.3, 0.4) is 0 Å². The predicted molar refractivity (Wildman–Crippen MR) is 101 cm³/mol. The van der Waals surface area contributed by atoms with Crippen molar-refractivity contribution in [1.29, 1.82) is 0 Å². The molecule has 0 N–H and O–H groups in total. The van der Waals surface area contributed by atoms with Gasteiger partial charge >= 0.3 is 0 Å². The Hall–Kier alpha value is -2.61. The molecule has 4 rings (SSSR count). The summed E-state index contributed by atoms with van der Waals surface area (Å²) in [4.78, 5) is 31.7. The molecule has 0 unspecified atom stereocenters. The van der Waals surface area contributed by atoms with E-state index < -0.39 is 0 Å². The van der Waals surface area contributed by atoms with E-state index in [1.807, 2.05) is 53.0 Å². The number of piperidine rings is 1. The van der Waals surface area contributed by atoms with Gasteiger partial charge in [-0.15, -0.1) is 0 Å². The minimum Gasteiger partial charge on any atom is -0.347 e. The Morgan fingerprint density at radius 1 is 1.15 bits per heavy atom. The number of rotatable bonds is 3. The van der Waals surface area contributed by atoms with Crippen molar-refractivity contribution in [2.75, 3.05) is 37.6 Å². The van der Waals surface area contributed by atoms with Crippen LogP contribution in [0.5, 0.6) is 0 Å². The Bertz CT molecular complexity index is 833. The first kappa shape index (κ1) is 17.8. The first-order chi connectivity index (χ1) is 13.0. The molecular formula is C19H26N6O2. The highest BCUT2D eigenvalue weighted by Gasteiger charge is 2.36. The van der Waals surface area contributed by atoms with Crippen LogP contribution < -0.4 is 4.90 Å². The first-order valence-electron chi connectivity index (χ1n) is 9.49. The van der Waals surface area contributed by atoms with Crippen molar-refractivity contribution in [2.45, 2.75) is 18.9 Å². The average molecular weight is 370 g/mol. The molecule has 144 valence electrons. The number of aryl methyl sites for hydroxylation is 2. The molecule has 2 aromatic rings. The van der Waals surface area contributed by atoms with Crippen LogP contribution in [0.4, 0.5) is 5.69 Å². The summed E-state index contributed by atoms with van der Waals surface area (Å²) in [6.45, 7) is 3.51. The fraction of sp³-hybridized carbons (Fsp3) is 0.526. The van der Waals surface area contributed by atoms with Gasteiger partial charge in [0.2, 0.25) is 5.91 Å². The van der Waals surface area contributed by atoms with Crippen LogP contribution in [-0.4, -0.2) is 74.7 Å². The van der Waals surface area contributed by atoms with Gasteiger partial charge in [0.1, 0.15) is 5.69 Å². The highest BCUT2D eigenvalue weighted by molar-refractivity contribution is 5.97. The maximum absolute atomic E-state index is 13.0. The van der Waals surface area contributed by atoms with Gasteiger partial charge in [-0.25, -0.2) is 0 Å². The second-order valence-corrected chi connectivity index (χ2v) is 7.35. The van der Waals surface area contributed by atoms with Crippen molar-refractivity contribution in [3.8, 4) is 0 Å². The van der Waals surface area contributed by atoms with Crippen molar-refractivity contribution in [3.63, 3.8) is 0 Å². The molecule has 0 bridgehead atoms. The summed E-state index contributed by atoms with van der Waals surface area (Å²) < 4.78 is 3.57. The van der Waals surface area contributed by atoms with E-state index >= 15 is 0 Å². The fourth-order valence-corrected chi connectivity index (χ4v) is 4.08. The zero-order valence-corrected chi connectivity index (χ0v) is 15.9. The normalized spacial score (nSPS) is 21.7. The van der Waals surface area contributed by atoms with E-state index in [-0.39, 0.29) is 17.9 Å². The van der Waals surface area contributed by atoms with Gasteiger partial charge in [-0.1, -0.05) is 0 Å². The highest BCUT2D eigenvalue weighted by atomic mass is 16.2. The van der Waals surface area contributed by atoms with E-state index in [0.717, 1.165) is 38.2 Å². The summed E-state index contributed by atoms with van der Waals surface area (Å²) in [6.07, 6.45) is 7.37. The summed E-state index contributed by atoms with van der Waals surface area (Å²) in [6, 6.07) is 3.63. The van der Waals surface area contributed by atoms with Gasteiger partial charge in [0.05, 0.1) is 17.9 Å². The molecule has 0 aliphatic carbocycles. The molecule has 4 heterocycles. The minimum atomic E-state index is -0.105. The topological polar surface area (TPSA) is 66.6 Å². The van der Waals surface area contributed by atoms with Crippen LogP contribution in [-0.2, 0) is 18.9 Å². The molecule has 2 aromatic heterocycles. The lowest BCUT2D eigenvalue weighted by atomic mass is 10.0. The van der Waals surface area contributed by atoms with Gasteiger partial charge in [-0.2, -0.15) is 5.10 Å². The van der Waals surface area contributed by atoms with Crippen molar-refractivity contribution >= 4 is 17.5 Å². The third-order valence-electron chi connectivity index (χ3n) is 5.62. The number of hydrogen-bond donors (Lipinski definition) is 0. The van der Waals surface area contributed by atoms with E-state index in [2.05, 4.69) is 10.00 Å². The van der Waals surface area contributed by atoms with Gasteiger partial charge in [-0.3, -0.25) is 19.2 Å². The molecule has 0 radical (unpaired) electrons. The Labute approximate surface area is 158 Å². The zero-order valence-electron chi connectivity index (χ0n) is 15.9. The molecule has 0 spiro atoms. The minimum absolute atomic E-state index is 0.0640. The van der Waals surface area contributed by atoms with Crippen LogP contribution >= 0.6 is 0 Å². The van der Waals surface area contributed by atoms with Crippen molar-refractivity contribution in [3.05, 3.63) is 36.4 Å².